The van der Waals surface area contributed by atoms with Crippen LogP contribution in [0.15, 0.2) is 71.2 Å². The number of nitrogens with zero attached hydrogens (tertiary/aromatic N) is 2. The first-order valence-corrected chi connectivity index (χ1v) is 9.36. The second kappa shape index (κ2) is 8.68. The molecule has 1 aromatic carbocycles. The van der Waals surface area contributed by atoms with E-state index in [4.69, 9.17) is 4.74 Å². The molecule has 1 aliphatic rings. The summed E-state index contributed by atoms with van der Waals surface area (Å²) < 4.78 is 5.49. The number of carbonyl (C=O) groups excluding carboxylic acids is 1. The molecule has 1 aliphatic heterocycles. The Bertz CT molecular complexity index is 996. The second-order valence-electron chi connectivity index (χ2n) is 6.94. The van der Waals surface area contributed by atoms with Crippen LogP contribution in [0.25, 0.3) is 0 Å². The van der Waals surface area contributed by atoms with Crippen LogP contribution in [-0.4, -0.2) is 22.5 Å². The average Bonchev–Trinajstić information content (AvgIpc) is 2.67. The lowest BCUT2D eigenvalue weighted by Crippen LogP contribution is -2.32. The number of pyridine rings is 1. The Labute approximate surface area is 169 Å². The average molecular weight is 393 g/mol. The molecule has 1 atom stereocenters. The lowest BCUT2D eigenvalue weighted by Gasteiger charge is -2.26. The summed E-state index contributed by atoms with van der Waals surface area (Å²) in [5, 5.41) is 14.8. The van der Waals surface area contributed by atoms with E-state index in [-0.39, 0.29) is 17.9 Å². The highest BCUT2D eigenvalue weighted by molar-refractivity contribution is 5.92. The molecule has 1 unspecified atom stereocenters. The van der Waals surface area contributed by atoms with Crippen LogP contribution in [0.1, 0.15) is 36.7 Å². The molecule has 0 radical (unpaired) electrons. The maximum atomic E-state index is 12.9. The van der Waals surface area contributed by atoms with Crippen LogP contribution in [0, 0.1) is 17.0 Å². The van der Waals surface area contributed by atoms with Gasteiger partial charge in [0.25, 0.3) is 5.70 Å². The number of benzene rings is 1. The van der Waals surface area contributed by atoms with Crippen LogP contribution < -0.4 is 5.32 Å². The molecule has 7 heteroatoms. The smallest absolute Gasteiger partial charge is 0.337 e. The quantitative estimate of drug-likeness (QED) is 0.457. The van der Waals surface area contributed by atoms with Gasteiger partial charge in [0, 0.05) is 17.8 Å². The molecule has 29 heavy (non-hydrogen) atoms. The number of nitrogens with one attached hydrogen (secondary N) is 1. The molecule has 7 nitrogen and oxygen atoms in total. The van der Waals surface area contributed by atoms with E-state index < -0.39 is 16.8 Å². The van der Waals surface area contributed by atoms with E-state index >= 15 is 0 Å². The van der Waals surface area contributed by atoms with Crippen LogP contribution in [0.5, 0.6) is 0 Å². The van der Waals surface area contributed by atoms with E-state index in [9.17, 15) is 14.9 Å². The van der Waals surface area contributed by atoms with Gasteiger partial charge in [0.05, 0.1) is 28.5 Å². The fraction of sp³-hybridized carbons (Fsp3) is 0.273. The molecule has 0 saturated carbocycles. The van der Waals surface area contributed by atoms with Gasteiger partial charge in [-0.2, -0.15) is 0 Å². The highest BCUT2D eigenvalue weighted by Gasteiger charge is 2.41. The predicted octanol–water partition coefficient (Wildman–Crippen LogP) is 3.64. The van der Waals surface area contributed by atoms with Gasteiger partial charge in [-0.3, -0.25) is 15.1 Å². The molecule has 0 bridgehead atoms. The number of carbonyl (C=O) groups is 1. The molecule has 0 saturated heterocycles. The van der Waals surface area contributed by atoms with Crippen molar-refractivity contribution in [1.82, 2.24) is 10.3 Å². The molecule has 0 fully saturated rings. The van der Waals surface area contributed by atoms with Crippen molar-refractivity contribution in [3.63, 3.8) is 0 Å². The zero-order valence-electron chi connectivity index (χ0n) is 16.6. The van der Waals surface area contributed by atoms with Gasteiger partial charge in [0.15, 0.2) is 0 Å². The van der Waals surface area contributed by atoms with Crippen LogP contribution >= 0.6 is 0 Å². The van der Waals surface area contributed by atoms with Gasteiger partial charge in [-0.15, -0.1) is 0 Å². The third kappa shape index (κ3) is 4.51. The Morgan fingerprint density at radius 2 is 1.83 bits per heavy atom. The fourth-order valence-electron chi connectivity index (χ4n) is 3.49. The lowest BCUT2D eigenvalue weighted by atomic mass is 9.86. The lowest BCUT2D eigenvalue weighted by molar-refractivity contribution is -0.431. The SMILES string of the molecule is CC1=C(C(=O)OCCc2ccccc2)C(c2cccc(C)n2)C([N+](=O)[O-])=C(C)N1. The number of aryl methyl sites for hydroxylation is 1. The van der Waals surface area contributed by atoms with Crippen LogP contribution in [-0.2, 0) is 16.0 Å². The van der Waals surface area contributed by atoms with Crippen molar-refractivity contribution in [3.05, 3.63) is 98.3 Å². The number of nitro groups is 1. The molecule has 2 aromatic rings. The summed E-state index contributed by atoms with van der Waals surface area (Å²) in [6.07, 6.45) is 0.566. The summed E-state index contributed by atoms with van der Waals surface area (Å²) in [6, 6.07) is 15.0. The summed E-state index contributed by atoms with van der Waals surface area (Å²) in [4.78, 5) is 28.8. The Kier molecular flexibility index (Phi) is 6.07. The summed E-state index contributed by atoms with van der Waals surface area (Å²) in [6.45, 7) is 5.34. The van der Waals surface area contributed by atoms with Gasteiger partial charge in [-0.1, -0.05) is 36.4 Å². The van der Waals surface area contributed by atoms with Gasteiger partial charge in [-0.25, -0.2) is 4.79 Å². The number of allylic oxidation sites excluding steroid dienone is 3. The summed E-state index contributed by atoms with van der Waals surface area (Å²) >= 11 is 0. The molecule has 0 amide bonds. The van der Waals surface area contributed by atoms with Crippen LogP contribution in [0.4, 0.5) is 0 Å². The van der Waals surface area contributed by atoms with Gasteiger partial charge in [0.1, 0.15) is 5.92 Å². The van der Waals surface area contributed by atoms with Crippen molar-refractivity contribution in [1.29, 1.82) is 0 Å². The monoisotopic (exact) mass is 393 g/mol. The maximum Gasteiger partial charge on any atom is 0.337 e. The minimum absolute atomic E-state index is 0.0938. The highest BCUT2D eigenvalue weighted by Crippen LogP contribution is 2.38. The second-order valence-corrected chi connectivity index (χ2v) is 6.94. The molecule has 0 aliphatic carbocycles. The van der Waals surface area contributed by atoms with E-state index in [1.165, 1.54) is 0 Å². The van der Waals surface area contributed by atoms with Crippen molar-refractivity contribution < 1.29 is 14.5 Å². The predicted molar refractivity (Wildman–Crippen MR) is 108 cm³/mol. The van der Waals surface area contributed by atoms with Gasteiger partial charge in [0.2, 0.25) is 0 Å². The molecule has 3 rings (SSSR count). The number of dihydropyridines is 1. The Balaban J connectivity index is 1.90. The fourth-order valence-corrected chi connectivity index (χ4v) is 3.49. The maximum absolute atomic E-state index is 12.9. The van der Waals surface area contributed by atoms with Gasteiger partial charge in [-0.05, 0) is 38.5 Å². The van der Waals surface area contributed by atoms with Crippen molar-refractivity contribution in [2.75, 3.05) is 6.61 Å². The normalized spacial score (nSPS) is 16.4. The zero-order valence-corrected chi connectivity index (χ0v) is 16.6. The summed E-state index contributed by atoms with van der Waals surface area (Å²) in [5.74, 6) is -1.47. The van der Waals surface area contributed by atoms with Crippen LogP contribution in [0.2, 0.25) is 0 Å². The van der Waals surface area contributed by atoms with E-state index in [0.717, 1.165) is 11.3 Å². The molecule has 2 heterocycles. The van der Waals surface area contributed by atoms with Gasteiger partial charge < -0.3 is 10.1 Å². The number of hydrogen-bond donors (Lipinski definition) is 1. The first kappa shape index (κ1) is 20.3. The van der Waals surface area contributed by atoms with E-state index in [1.807, 2.05) is 30.3 Å². The molecular formula is C22H23N3O4. The first-order valence-electron chi connectivity index (χ1n) is 9.36. The zero-order chi connectivity index (χ0) is 21.0. The van der Waals surface area contributed by atoms with Crippen molar-refractivity contribution >= 4 is 5.97 Å². The first-order chi connectivity index (χ1) is 13.9. The Hall–Kier alpha value is -3.48. The topological polar surface area (TPSA) is 94.4 Å². The molecule has 1 aromatic heterocycles. The minimum Gasteiger partial charge on any atom is -0.462 e. The van der Waals surface area contributed by atoms with Crippen LogP contribution in [0.3, 0.4) is 0 Å². The number of esters is 1. The number of ether oxygens (including phenoxy) is 1. The minimum atomic E-state index is -0.893. The third-order valence-electron chi connectivity index (χ3n) is 4.81. The molecule has 150 valence electrons. The summed E-state index contributed by atoms with van der Waals surface area (Å²) in [7, 11) is 0. The standard InChI is InChI=1S/C22H23N3O4/c1-14-8-7-11-18(23-14)20-19(15(2)24-16(3)21(20)25(27)28)22(26)29-13-12-17-9-5-4-6-10-17/h4-11,20,24H,12-13H2,1-3H3. The third-order valence-corrected chi connectivity index (χ3v) is 4.81. The number of aromatic nitrogens is 1. The summed E-state index contributed by atoms with van der Waals surface area (Å²) in [5.41, 5.74) is 3.26. The number of rotatable bonds is 6. The van der Waals surface area contributed by atoms with Crippen molar-refractivity contribution in [3.8, 4) is 0 Å². The Morgan fingerprint density at radius 1 is 1.10 bits per heavy atom. The van der Waals surface area contributed by atoms with E-state index in [1.54, 1.807) is 39.0 Å². The van der Waals surface area contributed by atoms with Gasteiger partial charge >= 0.3 is 5.97 Å². The molecular weight excluding hydrogens is 370 g/mol. The molecule has 1 N–H and O–H groups in total. The van der Waals surface area contributed by atoms with Crippen molar-refractivity contribution in [2.24, 2.45) is 0 Å². The Morgan fingerprint density at radius 3 is 2.48 bits per heavy atom. The highest BCUT2D eigenvalue weighted by atomic mass is 16.6. The van der Waals surface area contributed by atoms with E-state index in [0.29, 0.717) is 23.5 Å². The largest absolute Gasteiger partial charge is 0.462 e. The van der Waals surface area contributed by atoms with E-state index in [2.05, 4.69) is 10.3 Å². The van der Waals surface area contributed by atoms with Crippen molar-refractivity contribution in [2.45, 2.75) is 33.1 Å². The molecule has 0 spiro atoms. The number of hydrogen-bond acceptors (Lipinski definition) is 6.